The minimum absolute atomic E-state index is 0.0681. The molecule has 0 radical (unpaired) electrons. The minimum Gasteiger partial charge on any atom is -0.493 e. The van der Waals surface area contributed by atoms with Crippen LogP contribution in [0, 0.1) is 0 Å². The Hall–Kier alpha value is -3.84. The zero-order chi connectivity index (χ0) is 22.6. The van der Waals surface area contributed by atoms with Gasteiger partial charge >= 0.3 is 0 Å². The van der Waals surface area contributed by atoms with E-state index in [-0.39, 0.29) is 5.56 Å². The number of fused-ring (bicyclic) bond motifs is 3. The zero-order valence-corrected chi connectivity index (χ0v) is 18.9. The molecule has 0 bridgehead atoms. The number of rotatable bonds is 8. The average Bonchev–Trinajstić information content (AvgIpc) is 3.36. The van der Waals surface area contributed by atoms with E-state index in [9.17, 15) is 4.79 Å². The van der Waals surface area contributed by atoms with Gasteiger partial charge in [-0.2, -0.15) is 0 Å². The highest BCUT2D eigenvalue weighted by molar-refractivity contribution is 7.15. The van der Waals surface area contributed by atoms with Crippen molar-refractivity contribution in [3.63, 3.8) is 0 Å². The van der Waals surface area contributed by atoms with E-state index in [1.165, 1.54) is 11.3 Å². The van der Waals surface area contributed by atoms with Gasteiger partial charge in [-0.15, -0.1) is 0 Å². The molecule has 0 fully saturated rings. The molecule has 2 aromatic heterocycles. The Kier molecular flexibility index (Phi) is 5.95. The fourth-order valence-electron chi connectivity index (χ4n) is 3.60. The van der Waals surface area contributed by atoms with Crippen LogP contribution in [0.4, 0.5) is 0 Å². The molecule has 7 heteroatoms. The number of methoxy groups -OCH3 is 1. The van der Waals surface area contributed by atoms with E-state index in [0.717, 1.165) is 28.8 Å². The van der Waals surface area contributed by atoms with Gasteiger partial charge in [-0.3, -0.25) is 4.79 Å². The molecule has 3 aromatic carbocycles. The van der Waals surface area contributed by atoms with Crippen LogP contribution in [0.1, 0.15) is 12.0 Å². The third kappa shape index (κ3) is 4.40. The maximum atomic E-state index is 13.0. The van der Waals surface area contributed by atoms with Crippen molar-refractivity contribution in [3.8, 4) is 17.2 Å². The lowest BCUT2D eigenvalue weighted by molar-refractivity contribution is 0.240. The van der Waals surface area contributed by atoms with Crippen molar-refractivity contribution in [1.29, 1.82) is 0 Å². The summed E-state index contributed by atoms with van der Waals surface area (Å²) in [6, 6.07) is 23.0. The molecule has 166 valence electrons. The first-order valence-corrected chi connectivity index (χ1v) is 11.4. The number of hydrogen-bond acceptors (Lipinski definition) is 6. The molecule has 5 rings (SSSR count). The molecule has 0 aliphatic carbocycles. The normalized spacial score (nSPS) is 11.8. The maximum Gasteiger partial charge on any atom is 0.274 e. The summed E-state index contributed by atoms with van der Waals surface area (Å²) in [5.74, 6) is 2.12. The van der Waals surface area contributed by atoms with Gasteiger partial charge < -0.3 is 14.2 Å². The molecule has 33 heavy (non-hydrogen) atoms. The summed E-state index contributed by atoms with van der Waals surface area (Å²) in [6.07, 6.45) is 2.60. The Morgan fingerprint density at radius 1 is 0.939 bits per heavy atom. The molecular formula is C26H22N2O4S. The van der Waals surface area contributed by atoms with Crippen molar-refractivity contribution >= 4 is 33.4 Å². The predicted octanol–water partition coefficient (Wildman–Crippen LogP) is 4.31. The lowest BCUT2D eigenvalue weighted by Crippen LogP contribution is -2.22. The lowest BCUT2D eigenvalue weighted by atomic mass is 10.2. The summed E-state index contributed by atoms with van der Waals surface area (Å²) in [6.45, 7) is 1.07. The van der Waals surface area contributed by atoms with Gasteiger partial charge in [0.05, 0.1) is 35.9 Å². The zero-order valence-electron chi connectivity index (χ0n) is 18.1. The number of para-hydroxylation sites is 3. The second-order valence-corrected chi connectivity index (χ2v) is 8.42. The van der Waals surface area contributed by atoms with Crippen molar-refractivity contribution < 1.29 is 14.2 Å². The molecule has 0 amide bonds. The first-order chi connectivity index (χ1) is 16.2. The standard InChI is InChI=1S/C26H22N2O4S/c1-30-23-16-18(12-13-22(23)32-15-7-14-31-19-8-3-2-4-9-19)17-24-25(29)28-21-11-6-5-10-20(21)27-26(28)33-24/h2-6,8-13,16-17H,7,14-15H2,1H3. The van der Waals surface area contributed by atoms with Crippen molar-refractivity contribution in [3.05, 3.63) is 93.2 Å². The molecule has 0 aliphatic heterocycles. The van der Waals surface area contributed by atoms with Gasteiger partial charge in [0.2, 0.25) is 0 Å². The average molecular weight is 459 g/mol. The van der Waals surface area contributed by atoms with Crippen LogP contribution in [0.3, 0.4) is 0 Å². The van der Waals surface area contributed by atoms with Crippen LogP contribution in [0.25, 0.3) is 22.1 Å². The molecule has 0 spiro atoms. The Balaban J connectivity index is 1.30. The smallest absolute Gasteiger partial charge is 0.274 e. The predicted molar refractivity (Wildman–Crippen MR) is 131 cm³/mol. The first kappa shape index (κ1) is 21.0. The molecule has 0 N–H and O–H groups in total. The molecule has 0 saturated heterocycles. The fraction of sp³-hybridized carbons (Fsp3) is 0.154. The van der Waals surface area contributed by atoms with Crippen LogP contribution >= 0.6 is 11.3 Å². The van der Waals surface area contributed by atoms with Crippen LogP contribution in [-0.2, 0) is 0 Å². The molecule has 0 aliphatic rings. The molecule has 0 saturated carbocycles. The highest BCUT2D eigenvalue weighted by atomic mass is 32.1. The Morgan fingerprint density at radius 3 is 2.58 bits per heavy atom. The monoisotopic (exact) mass is 458 g/mol. The molecule has 5 aromatic rings. The first-order valence-electron chi connectivity index (χ1n) is 10.6. The lowest BCUT2D eigenvalue weighted by Gasteiger charge is -2.11. The number of aromatic nitrogens is 2. The van der Waals surface area contributed by atoms with E-state index in [1.54, 1.807) is 11.5 Å². The second-order valence-electron chi connectivity index (χ2n) is 7.41. The molecule has 2 heterocycles. The third-order valence-electron chi connectivity index (χ3n) is 5.19. The van der Waals surface area contributed by atoms with E-state index in [2.05, 4.69) is 4.98 Å². The molecule has 0 unspecified atom stereocenters. The van der Waals surface area contributed by atoms with Gasteiger partial charge in [0.1, 0.15) is 5.75 Å². The summed E-state index contributed by atoms with van der Waals surface area (Å²) in [5.41, 5.74) is 2.44. The summed E-state index contributed by atoms with van der Waals surface area (Å²) < 4.78 is 19.4. The van der Waals surface area contributed by atoms with E-state index in [4.69, 9.17) is 14.2 Å². The molecule has 0 atom stereocenters. The van der Waals surface area contributed by atoms with Gasteiger partial charge in [-0.05, 0) is 48.0 Å². The van der Waals surface area contributed by atoms with Gasteiger partial charge in [0, 0.05) is 6.42 Å². The van der Waals surface area contributed by atoms with E-state index >= 15 is 0 Å². The quantitative estimate of drug-likeness (QED) is 0.324. The van der Waals surface area contributed by atoms with Crippen molar-refractivity contribution in [2.24, 2.45) is 0 Å². The topological polar surface area (TPSA) is 62.1 Å². The summed E-state index contributed by atoms with van der Waals surface area (Å²) in [7, 11) is 1.61. The summed E-state index contributed by atoms with van der Waals surface area (Å²) in [4.78, 5) is 18.2. The number of imidazole rings is 1. The maximum absolute atomic E-state index is 13.0. The Morgan fingerprint density at radius 2 is 1.73 bits per heavy atom. The Labute approximate surface area is 194 Å². The highest BCUT2D eigenvalue weighted by Gasteiger charge is 2.11. The van der Waals surface area contributed by atoms with Crippen LogP contribution in [-0.4, -0.2) is 29.7 Å². The van der Waals surface area contributed by atoms with Crippen LogP contribution in [0.2, 0.25) is 0 Å². The molecular weight excluding hydrogens is 436 g/mol. The van der Waals surface area contributed by atoms with Gasteiger partial charge in [0.15, 0.2) is 16.5 Å². The SMILES string of the molecule is COc1cc(C=c2sc3nc4ccccc4n3c2=O)ccc1OCCCOc1ccccc1. The largest absolute Gasteiger partial charge is 0.493 e. The summed E-state index contributed by atoms with van der Waals surface area (Å²) in [5, 5.41) is 0. The van der Waals surface area contributed by atoms with Gasteiger partial charge in [0.25, 0.3) is 5.56 Å². The third-order valence-corrected chi connectivity index (χ3v) is 6.16. The number of hydrogen-bond donors (Lipinski definition) is 0. The van der Waals surface area contributed by atoms with Gasteiger partial charge in [-0.25, -0.2) is 9.38 Å². The van der Waals surface area contributed by atoms with E-state index < -0.39 is 0 Å². The van der Waals surface area contributed by atoms with Gasteiger partial charge in [-0.1, -0.05) is 47.7 Å². The second kappa shape index (κ2) is 9.34. The van der Waals surface area contributed by atoms with Crippen LogP contribution in [0.15, 0.2) is 77.6 Å². The van der Waals surface area contributed by atoms with E-state index in [1.807, 2.05) is 78.9 Å². The minimum atomic E-state index is -0.0681. The highest BCUT2D eigenvalue weighted by Crippen LogP contribution is 2.28. The number of nitrogens with zero attached hydrogens (tertiary/aromatic N) is 2. The van der Waals surface area contributed by atoms with Crippen LogP contribution in [0.5, 0.6) is 17.2 Å². The van der Waals surface area contributed by atoms with Crippen LogP contribution < -0.4 is 24.3 Å². The number of benzene rings is 3. The number of ether oxygens (including phenoxy) is 3. The summed E-state index contributed by atoms with van der Waals surface area (Å²) >= 11 is 1.38. The van der Waals surface area contributed by atoms with Crippen molar-refractivity contribution in [1.82, 2.24) is 9.38 Å². The van der Waals surface area contributed by atoms with Crippen molar-refractivity contribution in [2.45, 2.75) is 6.42 Å². The van der Waals surface area contributed by atoms with Crippen molar-refractivity contribution in [2.75, 3.05) is 20.3 Å². The Bertz CT molecular complexity index is 1510. The fourth-order valence-corrected chi connectivity index (χ4v) is 4.59. The number of thiazole rings is 1. The van der Waals surface area contributed by atoms with E-state index in [0.29, 0.717) is 34.2 Å². The molecule has 6 nitrogen and oxygen atoms in total.